The van der Waals surface area contributed by atoms with Gasteiger partial charge in [-0.05, 0) is 25.3 Å². The second-order valence-electron chi connectivity index (χ2n) is 3.64. The van der Waals surface area contributed by atoms with Crippen LogP contribution in [-0.2, 0) is 0 Å². The molecule has 0 unspecified atom stereocenters. The van der Waals surface area contributed by atoms with Crippen molar-refractivity contribution in [3.8, 4) is 9.88 Å². The lowest BCUT2D eigenvalue weighted by molar-refractivity contribution is 0.0939. The molecule has 0 radical (unpaired) electrons. The Balaban J connectivity index is 2.17. The number of carbonyl (C=O) groups is 1. The minimum absolute atomic E-state index is 0.103. The molecule has 84 valence electrons. The lowest BCUT2D eigenvalue weighted by Gasteiger charge is -2.05. The van der Waals surface area contributed by atoms with E-state index in [9.17, 15) is 4.79 Å². The summed E-state index contributed by atoms with van der Waals surface area (Å²) in [5.41, 5.74) is 0.502. The number of hydrogen-bond acceptors (Lipinski definition) is 4. The zero-order valence-electron chi connectivity index (χ0n) is 9.06. The van der Waals surface area contributed by atoms with E-state index < -0.39 is 0 Å². The largest absolute Gasteiger partial charge is 0.349 e. The highest BCUT2D eigenvalue weighted by Gasteiger charge is 2.12. The maximum absolute atomic E-state index is 11.7. The van der Waals surface area contributed by atoms with E-state index >= 15 is 0 Å². The van der Waals surface area contributed by atoms with Gasteiger partial charge in [0.05, 0.1) is 4.88 Å². The second-order valence-corrected chi connectivity index (χ2v) is 5.45. The maximum Gasteiger partial charge on any atom is 0.270 e. The van der Waals surface area contributed by atoms with Crippen molar-refractivity contribution in [1.82, 2.24) is 10.3 Å². The van der Waals surface area contributed by atoms with Crippen molar-refractivity contribution in [1.29, 1.82) is 0 Å². The minimum atomic E-state index is -0.103. The topological polar surface area (TPSA) is 42.0 Å². The molecule has 0 saturated carbocycles. The van der Waals surface area contributed by atoms with E-state index in [-0.39, 0.29) is 11.9 Å². The molecule has 16 heavy (non-hydrogen) atoms. The third-order valence-corrected chi connectivity index (χ3v) is 3.77. The molecule has 0 spiro atoms. The third-order valence-electron chi connectivity index (χ3n) is 1.89. The Morgan fingerprint density at radius 1 is 1.44 bits per heavy atom. The van der Waals surface area contributed by atoms with Crippen molar-refractivity contribution < 1.29 is 4.79 Å². The van der Waals surface area contributed by atoms with Crippen LogP contribution in [0.1, 0.15) is 24.3 Å². The number of aromatic nitrogens is 1. The average Bonchev–Trinajstić information content (AvgIpc) is 2.87. The second kappa shape index (κ2) is 4.76. The van der Waals surface area contributed by atoms with Crippen LogP contribution < -0.4 is 5.32 Å². The fraction of sp³-hybridized carbons (Fsp3) is 0.273. The van der Waals surface area contributed by atoms with Crippen molar-refractivity contribution in [3.63, 3.8) is 0 Å². The van der Waals surface area contributed by atoms with Gasteiger partial charge >= 0.3 is 0 Å². The molecule has 0 aromatic carbocycles. The van der Waals surface area contributed by atoms with E-state index in [1.54, 1.807) is 16.7 Å². The Hall–Kier alpha value is -1.20. The molecule has 0 bridgehead atoms. The Morgan fingerprint density at radius 3 is 2.88 bits per heavy atom. The molecule has 2 aromatic rings. The van der Waals surface area contributed by atoms with Crippen molar-refractivity contribution in [2.75, 3.05) is 0 Å². The molecule has 2 heterocycles. The first-order valence-electron chi connectivity index (χ1n) is 4.97. The fourth-order valence-corrected chi connectivity index (χ4v) is 2.84. The van der Waals surface area contributed by atoms with Crippen LogP contribution in [-0.4, -0.2) is 16.9 Å². The summed E-state index contributed by atoms with van der Waals surface area (Å²) in [6.07, 6.45) is 0. The number of thiophene rings is 1. The van der Waals surface area contributed by atoms with E-state index in [1.807, 2.05) is 31.4 Å². The number of hydrogen-bond donors (Lipinski definition) is 1. The lowest BCUT2D eigenvalue weighted by atomic mass is 10.3. The molecule has 2 aromatic heterocycles. The Kier molecular flexibility index (Phi) is 3.36. The molecular weight excluding hydrogens is 240 g/mol. The number of thiazole rings is 1. The highest BCUT2D eigenvalue weighted by Crippen LogP contribution is 2.27. The van der Waals surface area contributed by atoms with Gasteiger partial charge in [0.2, 0.25) is 0 Å². The van der Waals surface area contributed by atoms with Gasteiger partial charge < -0.3 is 5.32 Å². The quantitative estimate of drug-likeness (QED) is 0.912. The van der Waals surface area contributed by atoms with E-state index in [0.29, 0.717) is 5.69 Å². The Morgan fingerprint density at radius 2 is 2.25 bits per heavy atom. The van der Waals surface area contributed by atoms with Gasteiger partial charge in [0.15, 0.2) is 0 Å². The average molecular weight is 252 g/mol. The predicted molar refractivity (Wildman–Crippen MR) is 68.0 cm³/mol. The van der Waals surface area contributed by atoms with Gasteiger partial charge in [-0.15, -0.1) is 22.7 Å². The first-order chi connectivity index (χ1) is 7.66. The normalized spacial score (nSPS) is 10.7. The fourth-order valence-electron chi connectivity index (χ4n) is 1.23. The first kappa shape index (κ1) is 11.3. The Bertz CT molecular complexity index is 474. The predicted octanol–water partition coefficient (Wildman–Crippen LogP) is 3.01. The van der Waals surface area contributed by atoms with Crippen molar-refractivity contribution in [2.24, 2.45) is 0 Å². The molecule has 0 aliphatic carbocycles. The molecule has 1 N–H and O–H groups in total. The number of nitrogens with zero attached hydrogens (tertiary/aromatic N) is 1. The number of carbonyl (C=O) groups excluding carboxylic acids is 1. The van der Waals surface area contributed by atoms with Gasteiger partial charge in [-0.1, -0.05) is 6.07 Å². The van der Waals surface area contributed by atoms with Crippen molar-refractivity contribution in [3.05, 3.63) is 28.6 Å². The van der Waals surface area contributed by atoms with Gasteiger partial charge in [-0.2, -0.15) is 0 Å². The van der Waals surface area contributed by atoms with Crippen LogP contribution in [0, 0.1) is 0 Å². The first-order valence-corrected chi connectivity index (χ1v) is 6.73. The van der Waals surface area contributed by atoms with Crippen LogP contribution in [0.2, 0.25) is 0 Å². The maximum atomic E-state index is 11.7. The molecule has 0 saturated heterocycles. The summed E-state index contributed by atoms with van der Waals surface area (Å²) < 4.78 is 0. The number of nitrogens with one attached hydrogen (secondary N) is 1. The van der Waals surface area contributed by atoms with E-state index in [0.717, 1.165) is 9.88 Å². The molecule has 2 rings (SSSR count). The molecule has 5 heteroatoms. The SMILES string of the molecule is CC(C)NC(=O)c1csc(-c2cccs2)n1. The highest BCUT2D eigenvalue weighted by molar-refractivity contribution is 7.20. The van der Waals surface area contributed by atoms with E-state index in [2.05, 4.69) is 10.3 Å². The van der Waals surface area contributed by atoms with Crippen LogP contribution in [0.4, 0.5) is 0 Å². The number of rotatable bonds is 3. The summed E-state index contributed by atoms with van der Waals surface area (Å²) in [7, 11) is 0. The van der Waals surface area contributed by atoms with Gasteiger partial charge in [-0.25, -0.2) is 4.98 Å². The molecule has 0 atom stereocenters. The molecule has 0 fully saturated rings. The van der Waals surface area contributed by atoms with Crippen LogP contribution in [0.3, 0.4) is 0 Å². The van der Waals surface area contributed by atoms with E-state index in [1.165, 1.54) is 11.3 Å². The summed E-state index contributed by atoms with van der Waals surface area (Å²) >= 11 is 3.13. The van der Waals surface area contributed by atoms with Crippen LogP contribution in [0.15, 0.2) is 22.9 Å². The molecular formula is C11H12N2OS2. The zero-order chi connectivity index (χ0) is 11.5. The lowest BCUT2D eigenvalue weighted by Crippen LogP contribution is -2.30. The summed E-state index contributed by atoms with van der Waals surface area (Å²) in [5.74, 6) is -0.103. The summed E-state index contributed by atoms with van der Waals surface area (Å²) in [4.78, 5) is 17.1. The van der Waals surface area contributed by atoms with Crippen LogP contribution in [0.5, 0.6) is 0 Å². The molecule has 0 aliphatic rings. The van der Waals surface area contributed by atoms with E-state index in [4.69, 9.17) is 0 Å². The Labute approximate surface area is 102 Å². The van der Waals surface area contributed by atoms with Crippen molar-refractivity contribution in [2.45, 2.75) is 19.9 Å². The van der Waals surface area contributed by atoms with Gasteiger partial charge in [0, 0.05) is 11.4 Å². The summed E-state index contributed by atoms with van der Waals surface area (Å²) in [6.45, 7) is 3.87. The zero-order valence-corrected chi connectivity index (χ0v) is 10.7. The third kappa shape index (κ3) is 2.48. The van der Waals surface area contributed by atoms with Gasteiger partial charge in [0.25, 0.3) is 5.91 Å². The minimum Gasteiger partial charge on any atom is -0.349 e. The van der Waals surface area contributed by atoms with Crippen LogP contribution >= 0.6 is 22.7 Å². The van der Waals surface area contributed by atoms with Crippen molar-refractivity contribution >= 4 is 28.6 Å². The number of amides is 1. The standard InChI is InChI=1S/C11H12N2OS2/c1-7(2)12-10(14)8-6-16-11(13-8)9-4-3-5-15-9/h3-7H,1-2H3,(H,12,14). The smallest absolute Gasteiger partial charge is 0.270 e. The summed E-state index contributed by atoms with van der Waals surface area (Å²) in [6, 6.07) is 4.13. The van der Waals surface area contributed by atoms with Gasteiger partial charge in [-0.3, -0.25) is 4.79 Å². The van der Waals surface area contributed by atoms with Gasteiger partial charge in [0.1, 0.15) is 10.7 Å². The summed E-state index contributed by atoms with van der Waals surface area (Å²) in [5, 5.41) is 7.54. The highest BCUT2D eigenvalue weighted by atomic mass is 32.1. The van der Waals surface area contributed by atoms with Crippen LogP contribution in [0.25, 0.3) is 9.88 Å². The molecule has 0 aliphatic heterocycles. The molecule has 3 nitrogen and oxygen atoms in total. The monoisotopic (exact) mass is 252 g/mol. The molecule has 1 amide bonds.